The molecule has 23 heavy (non-hydrogen) atoms. The topological polar surface area (TPSA) is 70.9 Å². The molecule has 0 spiro atoms. The van der Waals surface area contributed by atoms with Gasteiger partial charge in [-0.25, -0.2) is 0 Å². The summed E-state index contributed by atoms with van der Waals surface area (Å²) in [6, 6.07) is 13.4. The Kier molecular flexibility index (Phi) is 3.12. The Hall–Kier alpha value is -3.08. The standard InChI is InChI=1S/C18H15N3O2/c1-11-7-13-8-12(4-5-14(13)21-11)10-20-18(22)17-9-15-16(23-17)3-2-6-19-15/h2-9,21H,10H2,1H3,(H,20,22). The van der Waals surface area contributed by atoms with Crippen LogP contribution in [0.1, 0.15) is 21.8 Å². The van der Waals surface area contributed by atoms with Crippen LogP contribution in [0.5, 0.6) is 0 Å². The van der Waals surface area contributed by atoms with E-state index in [2.05, 4.69) is 27.4 Å². The highest BCUT2D eigenvalue weighted by molar-refractivity contribution is 5.95. The number of aromatic amines is 1. The lowest BCUT2D eigenvalue weighted by Gasteiger charge is -2.03. The van der Waals surface area contributed by atoms with Crippen LogP contribution < -0.4 is 5.32 Å². The molecule has 4 aromatic rings. The Bertz CT molecular complexity index is 980. The summed E-state index contributed by atoms with van der Waals surface area (Å²) < 4.78 is 5.51. The number of carbonyl (C=O) groups is 1. The lowest BCUT2D eigenvalue weighted by Crippen LogP contribution is -2.22. The molecule has 5 heteroatoms. The molecule has 0 aliphatic heterocycles. The molecular formula is C18H15N3O2. The minimum atomic E-state index is -0.242. The van der Waals surface area contributed by atoms with Crippen molar-refractivity contribution in [2.24, 2.45) is 0 Å². The molecule has 0 saturated carbocycles. The number of hydrogen-bond acceptors (Lipinski definition) is 3. The smallest absolute Gasteiger partial charge is 0.287 e. The quantitative estimate of drug-likeness (QED) is 0.608. The summed E-state index contributed by atoms with van der Waals surface area (Å²) in [4.78, 5) is 19.7. The van der Waals surface area contributed by atoms with Crippen LogP contribution in [-0.4, -0.2) is 15.9 Å². The van der Waals surface area contributed by atoms with Crippen molar-refractivity contribution in [2.45, 2.75) is 13.5 Å². The molecule has 0 aliphatic rings. The van der Waals surface area contributed by atoms with Gasteiger partial charge in [0.1, 0.15) is 5.52 Å². The van der Waals surface area contributed by atoms with Crippen LogP contribution in [0.15, 0.2) is 53.1 Å². The van der Waals surface area contributed by atoms with E-state index in [0.717, 1.165) is 22.2 Å². The number of carbonyl (C=O) groups excluding carboxylic acids is 1. The maximum atomic E-state index is 12.2. The number of rotatable bonds is 3. The molecule has 1 aromatic carbocycles. The van der Waals surface area contributed by atoms with Crippen LogP contribution in [0.3, 0.4) is 0 Å². The Labute approximate surface area is 132 Å². The lowest BCUT2D eigenvalue weighted by atomic mass is 10.1. The first-order valence-electron chi connectivity index (χ1n) is 7.40. The first-order valence-corrected chi connectivity index (χ1v) is 7.40. The average molecular weight is 305 g/mol. The summed E-state index contributed by atoms with van der Waals surface area (Å²) in [6.45, 7) is 2.47. The van der Waals surface area contributed by atoms with E-state index in [-0.39, 0.29) is 11.7 Å². The molecule has 0 unspecified atom stereocenters. The first kappa shape index (κ1) is 13.6. The van der Waals surface area contributed by atoms with Crippen molar-refractivity contribution in [3.63, 3.8) is 0 Å². The van der Waals surface area contributed by atoms with Gasteiger partial charge in [-0.05, 0) is 48.2 Å². The number of benzene rings is 1. The minimum Gasteiger partial charge on any atom is -0.449 e. The van der Waals surface area contributed by atoms with Crippen LogP contribution in [-0.2, 0) is 6.54 Å². The van der Waals surface area contributed by atoms with E-state index >= 15 is 0 Å². The molecule has 114 valence electrons. The van der Waals surface area contributed by atoms with Gasteiger partial charge in [-0.1, -0.05) is 6.07 Å². The van der Waals surface area contributed by atoms with Crippen molar-refractivity contribution in [1.82, 2.24) is 15.3 Å². The van der Waals surface area contributed by atoms with Crippen molar-refractivity contribution in [3.8, 4) is 0 Å². The van der Waals surface area contributed by atoms with Crippen LogP contribution in [0.2, 0.25) is 0 Å². The molecule has 3 heterocycles. The van der Waals surface area contributed by atoms with Crippen LogP contribution in [0.25, 0.3) is 22.0 Å². The molecule has 1 amide bonds. The largest absolute Gasteiger partial charge is 0.449 e. The fourth-order valence-corrected chi connectivity index (χ4v) is 2.69. The third kappa shape index (κ3) is 2.57. The van der Waals surface area contributed by atoms with E-state index in [1.54, 1.807) is 24.4 Å². The van der Waals surface area contributed by atoms with Crippen molar-refractivity contribution in [2.75, 3.05) is 0 Å². The van der Waals surface area contributed by atoms with Crippen LogP contribution in [0.4, 0.5) is 0 Å². The molecule has 4 rings (SSSR count). The van der Waals surface area contributed by atoms with E-state index in [4.69, 9.17) is 4.42 Å². The molecule has 0 bridgehead atoms. The van der Waals surface area contributed by atoms with Crippen LogP contribution >= 0.6 is 0 Å². The summed E-state index contributed by atoms with van der Waals surface area (Å²) in [7, 11) is 0. The van der Waals surface area contributed by atoms with E-state index < -0.39 is 0 Å². The van der Waals surface area contributed by atoms with Crippen molar-refractivity contribution < 1.29 is 9.21 Å². The highest BCUT2D eigenvalue weighted by Gasteiger charge is 2.12. The molecule has 3 aromatic heterocycles. The van der Waals surface area contributed by atoms with Gasteiger partial charge in [0.05, 0.1) is 0 Å². The second kappa shape index (κ2) is 5.28. The molecular weight excluding hydrogens is 290 g/mol. The molecule has 5 nitrogen and oxygen atoms in total. The third-order valence-corrected chi connectivity index (χ3v) is 3.78. The van der Waals surface area contributed by atoms with E-state index in [0.29, 0.717) is 17.6 Å². The Balaban J connectivity index is 1.51. The zero-order valence-corrected chi connectivity index (χ0v) is 12.6. The first-order chi connectivity index (χ1) is 11.2. The van der Waals surface area contributed by atoms with Gasteiger partial charge in [0.15, 0.2) is 11.3 Å². The SMILES string of the molecule is Cc1cc2cc(CNC(=O)c3cc4ncccc4o3)ccc2[nH]1. The fraction of sp³-hybridized carbons (Fsp3) is 0.111. The number of H-pyrrole nitrogens is 1. The fourth-order valence-electron chi connectivity index (χ4n) is 2.69. The number of furan rings is 1. The third-order valence-electron chi connectivity index (χ3n) is 3.78. The number of nitrogens with one attached hydrogen (secondary N) is 2. The second-order valence-corrected chi connectivity index (χ2v) is 5.55. The zero-order chi connectivity index (χ0) is 15.8. The summed E-state index contributed by atoms with van der Waals surface area (Å²) in [6.07, 6.45) is 1.67. The highest BCUT2D eigenvalue weighted by Crippen LogP contribution is 2.18. The predicted molar refractivity (Wildman–Crippen MR) is 88.2 cm³/mol. The molecule has 0 fully saturated rings. The number of aryl methyl sites for hydroxylation is 1. The maximum Gasteiger partial charge on any atom is 0.287 e. The second-order valence-electron chi connectivity index (χ2n) is 5.55. The number of nitrogens with zero attached hydrogens (tertiary/aromatic N) is 1. The van der Waals surface area contributed by atoms with Gasteiger partial charge in [0.25, 0.3) is 5.91 Å². The van der Waals surface area contributed by atoms with Gasteiger partial charge in [0.2, 0.25) is 0 Å². The lowest BCUT2D eigenvalue weighted by molar-refractivity contribution is 0.0925. The zero-order valence-electron chi connectivity index (χ0n) is 12.6. The van der Waals surface area contributed by atoms with Crippen molar-refractivity contribution >= 4 is 27.9 Å². The number of amides is 1. The number of fused-ring (bicyclic) bond motifs is 2. The van der Waals surface area contributed by atoms with Crippen LogP contribution in [0, 0.1) is 6.92 Å². The average Bonchev–Trinajstić information content (AvgIpc) is 3.14. The summed E-state index contributed by atoms with van der Waals surface area (Å²) >= 11 is 0. The van der Waals surface area contributed by atoms with E-state index in [9.17, 15) is 4.79 Å². The molecule has 2 N–H and O–H groups in total. The maximum absolute atomic E-state index is 12.2. The summed E-state index contributed by atoms with van der Waals surface area (Å²) in [5.74, 6) is 0.0330. The van der Waals surface area contributed by atoms with E-state index in [1.165, 1.54) is 0 Å². The van der Waals surface area contributed by atoms with Gasteiger partial charge in [-0.15, -0.1) is 0 Å². The molecule has 0 saturated heterocycles. The monoisotopic (exact) mass is 305 g/mol. The number of aromatic nitrogens is 2. The number of pyridine rings is 1. The molecule has 0 atom stereocenters. The van der Waals surface area contributed by atoms with Crippen molar-refractivity contribution in [3.05, 3.63) is 65.7 Å². The predicted octanol–water partition coefficient (Wildman–Crippen LogP) is 3.55. The minimum absolute atomic E-state index is 0.242. The Morgan fingerprint density at radius 3 is 3.04 bits per heavy atom. The molecule has 0 radical (unpaired) electrons. The summed E-state index contributed by atoms with van der Waals surface area (Å²) in [5, 5.41) is 4.02. The normalized spacial score (nSPS) is 11.2. The Morgan fingerprint density at radius 2 is 2.17 bits per heavy atom. The Morgan fingerprint density at radius 1 is 1.26 bits per heavy atom. The number of hydrogen-bond donors (Lipinski definition) is 2. The molecule has 0 aliphatic carbocycles. The van der Waals surface area contributed by atoms with Gasteiger partial charge in [-0.2, -0.15) is 0 Å². The van der Waals surface area contributed by atoms with E-state index in [1.807, 2.05) is 19.1 Å². The van der Waals surface area contributed by atoms with Gasteiger partial charge < -0.3 is 14.7 Å². The van der Waals surface area contributed by atoms with Gasteiger partial charge >= 0.3 is 0 Å². The van der Waals surface area contributed by atoms with Gasteiger partial charge in [0, 0.05) is 30.0 Å². The van der Waals surface area contributed by atoms with Crippen molar-refractivity contribution in [1.29, 1.82) is 0 Å². The summed E-state index contributed by atoms with van der Waals surface area (Å²) in [5.41, 5.74) is 4.56. The van der Waals surface area contributed by atoms with Gasteiger partial charge in [-0.3, -0.25) is 9.78 Å². The highest BCUT2D eigenvalue weighted by atomic mass is 16.3.